The molecule has 0 spiro atoms. The molecule has 5 aromatic rings. The summed E-state index contributed by atoms with van der Waals surface area (Å²) in [5.74, 6) is 0. The van der Waals surface area contributed by atoms with Crippen LogP contribution in [0.4, 0.5) is 0 Å². The molecule has 26 heavy (non-hydrogen) atoms. The van der Waals surface area contributed by atoms with E-state index in [-0.39, 0.29) is 0 Å². The van der Waals surface area contributed by atoms with E-state index >= 15 is 0 Å². The lowest BCUT2D eigenvalue weighted by molar-refractivity contribution is 1.42. The van der Waals surface area contributed by atoms with Crippen LogP contribution in [0.25, 0.3) is 44.4 Å². The van der Waals surface area contributed by atoms with Gasteiger partial charge >= 0.3 is 0 Å². The molecular formula is C23H15NS2. The predicted octanol–water partition coefficient (Wildman–Crippen LogP) is 7.35. The molecule has 0 atom stereocenters. The summed E-state index contributed by atoms with van der Waals surface area (Å²) in [4.78, 5) is 7.41. The molecule has 0 radical (unpaired) electrons. The highest BCUT2D eigenvalue weighted by Gasteiger charge is 2.10. The van der Waals surface area contributed by atoms with E-state index in [1.165, 1.54) is 31.5 Å². The lowest BCUT2D eigenvalue weighted by Crippen LogP contribution is -1.89. The fourth-order valence-electron chi connectivity index (χ4n) is 3.28. The van der Waals surface area contributed by atoms with Gasteiger partial charge in [-0.3, -0.25) is 0 Å². The van der Waals surface area contributed by atoms with E-state index in [2.05, 4.69) is 89.6 Å². The quantitative estimate of drug-likeness (QED) is 0.303. The third kappa shape index (κ3) is 2.75. The van der Waals surface area contributed by atoms with Crippen LogP contribution in [0.1, 0.15) is 10.4 Å². The number of benzene rings is 2. The monoisotopic (exact) mass is 369 g/mol. The summed E-state index contributed by atoms with van der Waals surface area (Å²) in [6, 6.07) is 23.5. The maximum atomic E-state index is 4.95. The fraction of sp³-hybridized carbons (Fsp3) is 0. The Morgan fingerprint density at radius 1 is 0.769 bits per heavy atom. The zero-order valence-corrected chi connectivity index (χ0v) is 15.6. The van der Waals surface area contributed by atoms with Gasteiger partial charge in [-0.25, -0.2) is 4.98 Å². The molecule has 0 unspecified atom stereocenters. The van der Waals surface area contributed by atoms with Crippen molar-refractivity contribution in [2.45, 2.75) is 0 Å². The second-order valence-electron chi connectivity index (χ2n) is 6.10. The number of fused-ring (bicyclic) bond motifs is 3. The van der Waals surface area contributed by atoms with Crippen LogP contribution in [0.2, 0.25) is 0 Å². The summed E-state index contributed by atoms with van der Waals surface area (Å²) in [7, 11) is 0. The van der Waals surface area contributed by atoms with Crippen LogP contribution in [-0.2, 0) is 0 Å². The molecule has 1 nitrogen and oxygen atoms in total. The molecule has 0 fully saturated rings. The first-order valence-corrected chi connectivity index (χ1v) is 10.2. The maximum Gasteiger partial charge on any atom is 0.0815 e. The van der Waals surface area contributed by atoms with Crippen molar-refractivity contribution in [2.24, 2.45) is 0 Å². The Morgan fingerprint density at radius 2 is 1.65 bits per heavy atom. The van der Waals surface area contributed by atoms with Gasteiger partial charge in [0.2, 0.25) is 0 Å². The molecule has 0 amide bonds. The van der Waals surface area contributed by atoms with E-state index in [1.807, 2.05) is 0 Å². The first kappa shape index (κ1) is 15.5. The summed E-state index contributed by atoms with van der Waals surface area (Å²) < 4.78 is 0. The lowest BCUT2D eigenvalue weighted by atomic mass is 9.99. The number of aromatic nitrogens is 1. The molecule has 124 valence electrons. The number of pyridine rings is 1. The molecule has 0 saturated carbocycles. The van der Waals surface area contributed by atoms with Crippen LogP contribution in [-0.4, -0.2) is 4.98 Å². The molecular weight excluding hydrogens is 354 g/mol. The highest BCUT2D eigenvalue weighted by atomic mass is 32.1. The van der Waals surface area contributed by atoms with Gasteiger partial charge in [0.15, 0.2) is 0 Å². The maximum absolute atomic E-state index is 4.95. The first-order valence-electron chi connectivity index (χ1n) is 8.46. The van der Waals surface area contributed by atoms with Crippen LogP contribution in [0.5, 0.6) is 0 Å². The van der Waals surface area contributed by atoms with Gasteiger partial charge in [0.05, 0.1) is 16.1 Å². The van der Waals surface area contributed by atoms with Crippen molar-refractivity contribution in [3.05, 3.63) is 87.9 Å². The highest BCUT2D eigenvalue weighted by molar-refractivity contribution is 7.13. The number of hydrogen-bond donors (Lipinski definition) is 0. The molecule has 0 N–H and O–H groups in total. The number of thiophene rings is 2. The van der Waals surface area contributed by atoms with Gasteiger partial charge in [-0.15, -0.1) is 22.7 Å². The average molecular weight is 370 g/mol. The van der Waals surface area contributed by atoms with E-state index in [9.17, 15) is 0 Å². The first-order chi connectivity index (χ1) is 12.9. The summed E-state index contributed by atoms with van der Waals surface area (Å²) in [5, 5.41) is 7.92. The van der Waals surface area contributed by atoms with Crippen molar-refractivity contribution in [1.82, 2.24) is 4.98 Å². The summed E-state index contributed by atoms with van der Waals surface area (Å²) in [6.45, 7) is 0. The summed E-state index contributed by atoms with van der Waals surface area (Å²) in [6.07, 6.45) is 4.42. The van der Waals surface area contributed by atoms with E-state index in [1.54, 1.807) is 22.7 Å². The number of hydrogen-bond acceptors (Lipinski definition) is 3. The van der Waals surface area contributed by atoms with Gasteiger partial charge in [-0.2, -0.15) is 0 Å². The Hall–Kier alpha value is -2.75. The minimum absolute atomic E-state index is 1.04. The van der Waals surface area contributed by atoms with E-state index in [0.717, 1.165) is 11.2 Å². The van der Waals surface area contributed by atoms with Crippen LogP contribution in [0, 0.1) is 0 Å². The van der Waals surface area contributed by atoms with Crippen molar-refractivity contribution in [1.29, 1.82) is 0 Å². The van der Waals surface area contributed by atoms with Crippen LogP contribution >= 0.6 is 22.7 Å². The van der Waals surface area contributed by atoms with Gasteiger partial charge in [0, 0.05) is 10.3 Å². The molecule has 2 aromatic carbocycles. The van der Waals surface area contributed by atoms with Gasteiger partial charge in [0.1, 0.15) is 0 Å². The Labute approximate surface area is 159 Å². The Bertz CT molecular complexity index is 1220. The second kappa shape index (κ2) is 6.52. The molecule has 0 aliphatic heterocycles. The van der Waals surface area contributed by atoms with Crippen LogP contribution in [0.15, 0.2) is 77.5 Å². The average Bonchev–Trinajstić information content (AvgIpc) is 3.39. The normalized spacial score (nSPS) is 11.7. The van der Waals surface area contributed by atoms with E-state index in [0.29, 0.717) is 0 Å². The number of rotatable bonds is 3. The second-order valence-corrected chi connectivity index (χ2v) is 8.03. The Kier molecular flexibility index (Phi) is 3.89. The van der Waals surface area contributed by atoms with Gasteiger partial charge in [0.25, 0.3) is 0 Å². The molecule has 3 heteroatoms. The smallest absolute Gasteiger partial charge is 0.0815 e. The third-order valence-corrected chi connectivity index (χ3v) is 6.20. The molecule has 0 aliphatic carbocycles. The zero-order chi connectivity index (χ0) is 17.3. The lowest BCUT2D eigenvalue weighted by Gasteiger charge is -2.09. The molecule has 3 heterocycles. The van der Waals surface area contributed by atoms with E-state index < -0.39 is 0 Å². The minimum atomic E-state index is 1.04. The molecule has 3 aromatic heterocycles. The molecule has 0 saturated heterocycles. The third-order valence-electron chi connectivity index (χ3n) is 4.47. The zero-order valence-electron chi connectivity index (χ0n) is 13.9. The van der Waals surface area contributed by atoms with Crippen molar-refractivity contribution >= 4 is 56.5 Å². The van der Waals surface area contributed by atoms with Crippen LogP contribution < -0.4 is 0 Å². The Morgan fingerprint density at radius 3 is 2.50 bits per heavy atom. The minimum Gasteiger partial charge on any atom is -0.247 e. The summed E-state index contributed by atoms with van der Waals surface area (Å²) >= 11 is 3.48. The fourth-order valence-corrected chi connectivity index (χ4v) is 4.58. The van der Waals surface area contributed by atoms with Crippen molar-refractivity contribution < 1.29 is 0 Å². The van der Waals surface area contributed by atoms with Crippen molar-refractivity contribution in [3.63, 3.8) is 0 Å². The van der Waals surface area contributed by atoms with E-state index in [4.69, 9.17) is 4.98 Å². The highest BCUT2D eigenvalue weighted by Crippen LogP contribution is 2.33. The van der Waals surface area contributed by atoms with Crippen LogP contribution in [0.3, 0.4) is 0 Å². The SMILES string of the molecule is C(=C/c1cc(-c2cccs2)nc2ccc3ccccc3c12)/c1cccs1. The predicted molar refractivity (Wildman–Crippen MR) is 116 cm³/mol. The van der Waals surface area contributed by atoms with Crippen molar-refractivity contribution in [2.75, 3.05) is 0 Å². The van der Waals surface area contributed by atoms with Crippen molar-refractivity contribution in [3.8, 4) is 10.6 Å². The topological polar surface area (TPSA) is 12.9 Å². The molecule has 5 rings (SSSR count). The standard InChI is InChI=1S/C23H15NS2/c1-2-7-19-16(5-1)10-12-20-23(19)17(9-11-18-6-3-13-25-18)15-21(24-20)22-8-4-14-26-22/h1-15H/b11-9-. The van der Waals surface area contributed by atoms with Gasteiger partial charge < -0.3 is 0 Å². The molecule has 0 aliphatic rings. The number of nitrogens with zero attached hydrogens (tertiary/aromatic N) is 1. The summed E-state index contributed by atoms with van der Waals surface area (Å²) in [5.41, 5.74) is 3.29. The van der Waals surface area contributed by atoms with Gasteiger partial charge in [-0.1, -0.05) is 48.5 Å². The van der Waals surface area contributed by atoms with Gasteiger partial charge in [-0.05, 0) is 57.4 Å². The molecule has 0 bridgehead atoms. The largest absolute Gasteiger partial charge is 0.247 e. The Balaban J connectivity index is 1.81.